The van der Waals surface area contributed by atoms with Crippen LogP contribution < -0.4 is 5.73 Å². The van der Waals surface area contributed by atoms with Crippen molar-refractivity contribution in [2.24, 2.45) is 7.05 Å². The fraction of sp³-hybridized carbons (Fsp3) is 0.200. The van der Waals surface area contributed by atoms with E-state index in [4.69, 9.17) is 5.73 Å². The number of aromatic nitrogens is 3. The summed E-state index contributed by atoms with van der Waals surface area (Å²) < 4.78 is 39.6. The van der Waals surface area contributed by atoms with Gasteiger partial charge in [-0.3, -0.25) is 4.68 Å². The number of nitrogen functional groups attached to an aromatic ring is 1. The van der Waals surface area contributed by atoms with Crippen LogP contribution in [0.1, 0.15) is 5.56 Å². The molecule has 7 heteroatoms. The topological polar surface area (TPSA) is 56.7 Å². The minimum atomic E-state index is -4.46. The number of nitrogens with two attached hydrogens (primary N) is 1. The number of anilines is 1. The number of hydrogen-bond acceptors (Lipinski definition) is 3. The van der Waals surface area contributed by atoms with Gasteiger partial charge in [0.2, 0.25) is 0 Å². The van der Waals surface area contributed by atoms with Gasteiger partial charge in [-0.05, 0) is 18.2 Å². The highest BCUT2D eigenvalue weighted by atomic mass is 19.4. The third-order valence-electron chi connectivity index (χ3n) is 2.19. The molecule has 0 aliphatic carbocycles. The average Bonchev–Trinajstić information content (AvgIpc) is 2.62. The van der Waals surface area contributed by atoms with Crippen molar-refractivity contribution in [3.63, 3.8) is 0 Å². The molecule has 0 aliphatic rings. The van der Waals surface area contributed by atoms with Crippen molar-refractivity contribution in [3.8, 4) is 11.4 Å². The first-order valence-electron chi connectivity index (χ1n) is 4.70. The van der Waals surface area contributed by atoms with Crippen LogP contribution in [0.2, 0.25) is 0 Å². The highest BCUT2D eigenvalue weighted by Gasteiger charge is 2.34. The molecule has 0 fully saturated rings. The van der Waals surface area contributed by atoms with Gasteiger partial charge in [-0.2, -0.15) is 18.3 Å². The molecule has 0 aliphatic heterocycles. The number of aryl methyl sites for hydroxylation is 1. The highest BCUT2D eigenvalue weighted by Crippen LogP contribution is 2.36. The lowest BCUT2D eigenvalue weighted by Gasteiger charge is -2.11. The first-order chi connectivity index (χ1) is 7.88. The predicted molar refractivity (Wildman–Crippen MR) is 55.9 cm³/mol. The van der Waals surface area contributed by atoms with Crippen LogP contribution in [0.15, 0.2) is 24.5 Å². The molecule has 2 N–H and O–H groups in total. The molecule has 0 spiro atoms. The van der Waals surface area contributed by atoms with E-state index in [1.807, 2.05) is 0 Å². The van der Waals surface area contributed by atoms with E-state index >= 15 is 0 Å². The van der Waals surface area contributed by atoms with Gasteiger partial charge < -0.3 is 5.73 Å². The van der Waals surface area contributed by atoms with E-state index in [0.29, 0.717) is 0 Å². The van der Waals surface area contributed by atoms with Gasteiger partial charge in [0, 0.05) is 18.3 Å². The summed E-state index contributed by atoms with van der Waals surface area (Å²) in [5.74, 6) is 0.00660. The van der Waals surface area contributed by atoms with Gasteiger partial charge in [0.25, 0.3) is 0 Å². The number of nitrogens with zero attached hydrogens (tertiary/aromatic N) is 3. The summed E-state index contributed by atoms with van der Waals surface area (Å²) in [7, 11) is 1.58. The zero-order valence-corrected chi connectivity index (χ0v) is 8.86. The van der Waals surface area contributed by atoms with Crippen molar-refractivity contribution in [3.05, 3.63) is 30.1 Å². The van der Waals surface area contributed by atoms with Crippen LogP contribution in [-0.4, -0.2) is 14.8 Å². The van der Waals surface area contributed by atoms with Crippen LogP contribution in [0, 0.1) is 0 Å². The maximum atomic E-state index is 12.8. The molecule has 0 atom stereocenters. The standard InChI is InChI=1S/C10H9F3N4/c1-17-5-15-9(16-17)7-4-6(14)2-3-8(7)10(11,12)13/h2-5H,14H2,1H3. The Kier molecular flexibility index (Phi) is 2.53. The second-order valence-corrected chi connectivity index (χ2v) is 3.54. The summed E-state index contributed by atoms with van der Waals surface area (Å²) in [6.45, 7) is 0. The van der Waals surface area contributed by atoms with Crippen LogP contribution in [0.4, 0.5) is 18.9 Å². The SMILES string of the molecule is Cn1cnc(-c2cc(N)ccc2C(F)(F)F)n1. The predicted octanol–water partition coefficient (Wildman–Crippen LogP) is 2.08. The molecule has 90 valence electrons. The first kappa shape index (κ1) is 11.4. The Morgan fingerprint density at radius 3 is 2.53 bits per heavy atom. The third kappa shape index (κ3) is 2.22. The maximum absolute atomic E-state index is 12.8. The van der Waals surface area contributed by atoms with E-state index in [1.54, 1.807) is 7.05 Å². The second kappa shape index (κ2) is 3.76. The maximum Gasteiger partial charge on any atom is 0.417 e. The number of alkyl halides is 3. The molecule has 1 aromatic carbocycles. The van der Waals surface area contributed by atoms with Gasteiger partial charge in [0.15, 0.2) is 5.82 Å². The Morgan fingerprint density at radius 1 is 1.29 bits per heavy atom. The lowest BCUT2D eigenvalue weighted by Crippen LogP contribution is -2.08. The van der Waals surface area contributed by atoms with Crippen LogP contribution >= 0.6 is 0 Å². The molecule has 0 amide bonds. The summed E-state index contributed by atoms with van der Waals surface area (Å²) in [5, 5.41) is 3.85. The minimum absolute atomic E-state index is 0.00660. The van der Waals surface area contributed by atoms with E-state index in [2.05, 4.69) is 10.1 Å². The smallest absolute Gasteiger partial charge is 0.399 e. The van der Waals surface area contributed by atoms with Crippen molar-refractivity contribution in [1.82, 2.24) is 14.8 Å². The van der Waals surface area contributed by atoms with Crippen molar-refractivity contribution >= 4 is 5.69 Å². The van der Waals surface area contributed by atoms with Gasteiger partial charge in [0.05, 0.1) is 5.56 Å². The Bertz CT molecular complexity index is 545. The largest absolute Gasteiger partial charge is 0.417 e. The van der Waals surface area contributed by atoms with Crippen LogP contribution in [-0.2, 0) is 13.2 Å². The van der Waals surface area contributed by atoms with Crippen LogP contribution in [0.3, 0.4) is 0 Å². The van der Waals surface area contributed by atoms with Crippen molar-refractivity contribution < 1.29 is 13.2 Å². The lowest BCUT2D eigenvalue weighted by molar-refractivity contribution is -0.137. The molecule has 0 saturated heterocycles. The highest BCUT2D eigenvalue weighted by molar-refractivity contribution is 5.66. The van der Waals surface area contributed by atoms with E-state index in [0.717, 1.165) is 6.07 Å². The molecule has 0 saturated carbocycles. The quantitative estimate of drug-likeness (QED) is 0.779. The number of hydrogen-bond donors (Lipinski definition) is 1. The zero-order valence-electron chi connectivity index (χ0n) is 8.86. The molecule has 17 heavy (non-hydrogen) atoms. The summed E-state index contributed by atoms with van der Waals surface area (Å²) in [6.07, 6.45) is -3.12. The Balaban J connectivity index is 2.63. The molecule has 0 bridgehead atoms. The Hall–Kier alpha value is -2.05. The summed E-state index contributed by atoms with van der Waals surface area (Å²) >= 11 is 0. The summed E-state index contributed by atoms with van der Waals surface area (Å²) in [4.78, 5) is 3.80. The second-order valence-electron chi connectivity index (χ2n) is 3.54. The van der Waals surface area contributed by atoms with Gasteiger partial charge in [0.1, 0.15) is 6.33 Å². The molecule has 0 radical (unpaired) electrons. The van der Waals surface area contributed by atoms with Crippen molar-refractivity contribution in [2.75, 3.05) is 5.73 Å². The summed E-state index contributed by atoms with van der Waals surface area (Å²) in [5.41, 5.74) is 4.82. The fourth-order valence-corrected chi connectivity index (χ4v) is 1.46. The molecule has 1 aromatic heterocycles. The van der Waals surface area contributed by atoms with E-state index < -0.39 is 11.7 Å². The molecule has 4 nitrogen and oxygen atoms in total. The zero-order chi connectivity index (χ0) is 12.6. The minimum Gasteiger partial charge on any atom is -0.399 e. The Morgan fingerprint density at radius 2 is 2.00 bits per heavy atom. The molecule has 0 unspecified atom stereocenters. The van der Waals surface area contributed by atoms with E-state index in [9.17, 15) is 13.2 Å². The Labute approximate surface area is 94.9 Å². The summed E-state index contributed by atoms with van der Waals surface area (Å²) in [6, 6.07) is 3.36. The van der Waals surface area contributed by atoms with Crippen molar-refractivity contribution in [2.45, 2.75) is 6.18 Å². The molecular formula is C10H9F3N4. The van der Waals surface area contributed by atoms with Gasteiger partial charge in [-0.25, -0.2) is 4.98 Å². The number of benzene rings is 1. The van der Waals surface area contributed by atoms with E-state index in [-0.39, 0.29) is 17.1 Å². The number of halogens is 3. The first-order valence-corrected chi connectivity index (χ1v) is 4.70. The van der Waals surface area contributed by atoms with Gasteiger partial charge >= 0.3 is 6.18 Å². The van der Waals surface area contributed by atoms with Gasteiger partial charge in [-0.1, -0.05) is 0 Å². The molecule has 2 rings (SSSR count). The molecule has 2 aromatic rings. The van der Waals surface area contributed by atoms with Crippen LogP contribution in [0.5, 0.6) is 0 Å². The van der Waals surface area contributed by atoms with Crippen molar-refractivity contribution in [1.29, 1.82) is 0 Å². The number of rotatable bonds is 1. The lowest BCUT2D eigenvalue weighted by atomic mass is 10.1. The molecular weight excluding hydrogens is 233 g/mol. The normalized spacial score (nSPS) is 11.8. The third-order valence-corrected chi connectivity index (χ3v) is 2.19. The average molecular weight is 242 g/mol. The van der Waals surface area contributed by atoms with Crippen LogP contribution in [0.25, 0.3) is 11.4 Å². The van der Waals surface area contributed by atoms with Gasteiger partial charge in [-0.15, -0.1) is 0 Å². The van der Waals surface area contributed by atoms with E-state index in [1.165, 1.54) is 23.1 Å². The monoisotopic (exact) mass is 242 g/mol. The fourth-order valence-electron chi connectivity index (χ4n) is 1.46. The molecule has 1 heterocycles.